The van der Waals surface area contributed by atoms with Crippen LogP contribution in [0.4, 0.5) is 0 Å². The molecule has 0 aromatic carbocycles. The van der Waals surface area contributed by atoms with E-state index in [0.717, 1.165) is 25.1 Å². The quantitative estimate of drug-likeness (QED) is 0.840. The maximum absolute atomic E-state index is 11.3. The minimum absolute atomic E-state index is 0.0197. The van der Waals surface area contributed by atoms with Crippen molar-refractivity contribution >= 4 is 0 Å². The lowest BCUT2D eigenvalue weighted by molar-refractivity contribution is 0.406. The summed E-state index contributed by atoms with van der Waals surface area (Å²) >= 11 is 0. The summed E-state index contributed by atoms with van der Waals surface area (Å²) in [5, 5.41) is 3.63. The van der Waals surface area contributed by atoms with Crippen LogP contribution in [-0.2, 0) is 6.42 Å². The van der Waals surface area contributed by atoms with Gasteiger partial charge >= 0.3 is 0 Å². The van der Waals surface area contributed by atoms with Crippen LogP contribution in [0.2, 0.25) is 0 Å². The number of hydrogen-bond donors (Lipinski definition) is 2. The van der Waals surface area contributed by atoms with Gasteiger partial charge in [0.25, 0.3) is 0 Å². The third-order valence-electron chi connectivity index (χ3n) is 3.74. The zero-order chi connectivity index (χ0) is 12.3. The zero-order valence-corrected chi connectivity index (χ0v) is 10.8. The number of H-pyrrole nitrogens is 1. The first-order valence-corrected chi connectivity index (χ1v) is 6.66. The monoisotopic (exact) mass is 234 g/mol. The van der Waals surface area contributed by atoms with Crippen LogP contribution in [0.5, 0.6) is 0 Å². The molecule has 0 saturated carbocycles. The van der Waals surface area contributed by atoms with Gasteiger partial charge in [-0.2, -0.15) is 0 Å². The Morgan fingerprint density at radius 2 is 2.35 bits per heavy atom. The fraction of sp³-hybridized carbons (Fsp3) is 0.643. The van der Waals surface area contributed by atoms with E-state index in [4.69, 9.17) is 0 Å². The molecule has 3 heteroatoms. The number of aryl methyl sites for hydroxylation is 1. The Labute approximate surface area is 103 Å². The molecule has 0 amide bonds. The standard InChI is InChI=1S/C14H22N2O/c1-3-10(2)9-15-12-5-4-6-13-11(12)7-8-14(17)16-13/h7-8,10,12,15H,3-6,9H2,1-2H3,(H,16,17). The minimum Gasteiger partial charge on any atom is -0.326 e. The second-order valence-electron chi connectivity index (χ2n) is 5.12. The van der Waals surface area contributed by atoms with Crippen molar-refractivity contribution in [1.29, 1.82) is 0 Å². The minimum atomic E-state index is 0.0197. The third-order valence-corrected chi connectivity index (χ3v) is 3.74. The van der Waals surface area contributed by atoms with E-state index in [-0.39, 0.29) is 5.56 Å². The molecule has 3 nitrogen and oxygen atoms in total. The Morgan fingerprint density at radius 3 is 3.12 bits per heavy atom. The summed E-state index contributed by atoms with van der Waals surface area (Å²) in [5.74, 6) is 0.711. The largest absolute Gasteiger partial charge is 0.326 e. The first-order valence-electron chi connectivity index (χ1n) is 6.66. The van der Waals surface area contributed by atoms with Gasteiger partial charge < -0.3 is 10.3 Å². The van der Waals surface area contributed by atoms with Crippen molar-refractivity contribution in [2.75, 3.05) is 6.54 Å². The highest BCUT2D eigenvalue weighted by atomic mass is 16.1. The van der Waals surface area contributed by atoms with Crippen molar-refractivity contribution in [3.05, 3.63) is 33.7 Å². The predicted octanol–water partition coefficient (Wildman–Crippen LogP) is 2.39. The molecule has 2 N–H and O–H groups in total. The van der Waals surface area contributed by atoms with E-state index in [2.05, 4.69) is 24.1 Å². The molecule has 0 spiro atoms. The fourth-order valence-electron chi connectivity index (χ4n) is 2.40. The molecule has 0 radical (unpaired) electrons. The summed E-state index contributed by atoms with van der Waals surface area (Å²) in [7, 11) is 0. The fourth-order valence-corrected chi connectivity index (χ4v) is 2.40. The summed E-state index contributed by atoms with van der Waals surface area (Å²) in [6, 6.07) is 4.05. The predicted molar refractivity (Wildman–Crippen MR) is 70.2 cm³/mol. The lowest BCUT2D eigenvalue weighted by Crippen LogP contribution is -2.30. The van der Waals surface area contributed by atoms with Gasteiger partial charge in [-0.25, -0.2) is 0 Å². The van der Waals surface area contributed by atoms with Gasteiger partial charge in [0, 0.05) is 17.8 Å². The van der Waals surface area contributed by atoms with Gasteiger partial charge in [0.15, 0.2) is 0 Å². The van der Waals surface area contributed by atoms with Crippen molar-refractivity contribution in [3.8, 4) is 0 Å². The number of hydrogen-bond acceptors (Lipinski definition) is 2. The van der Waals surface area contributed by atoms with Gasteiger partial charge in [-0.1, -0.05) is 26.3 Å². The summed E-state index contributed by atoms with van der Waals surface area (Å²) < 4.78 is 0. The van der Waals surface area contributed by atoms with Crippen molar-refractivity contribution in [1.82, 2.24) is 10.3 Å². The summed E-state index contributed by atoms with van der Waals surface area (Å²) in [4.78, 5) is 14.2. The molecule has 1 aliphatic rings. The number of pyridine rings is 1. The van der Waals surface area contributed by atoms with Crippen LogP contribution in [0.25, 0.3) is 0 Å². The molecular weight excluding hydrogens is 212 g/mol. The van der Waals surface area contributed by atoms with E-state index in [9.17, 15) is 4.79 Å². The summed E-state index contributed by atoms with van der Waals surface area (Å²) in [6.45, 7) is 5.54. The Bertz CT molecular complexity index is 424. The van der Waals surface area contributed by atoms with E-state index in [1.807, 2.05) is 6.07 Å². The van der Waals surface area contributed by atoms with Crippen LogP contribution in [-0.4, -0.2) is 11.5 Å². The Hall–Kier alpha value is -1.09. The molecule has 17 heavy (non-hydrogen) atoms. The van der Waals surface area contributed by atoms with Gasteiger partial charge in [0.05, 0.1) is 0 Å². The molecule has 0 fully saturated rings. The number of nitrogens with one attached hydrogen (secondary N) is 2. The Kier molecular flexibility index (Phi) is 4.00. The molecule has 0 bridgehead atoms. The zero-order valence-electron chi connectivity index (χ0n) is 10.8. The molecule has 2 rings (SSSR count). The van der Waals surface area contributed by atoms with E-state index in [0.29, 0.717) is 12.0 Å². The maximum Gasteiger partial charge on any atom is 0.248 e. The molecule has 94 valence electrons. The van der Waals surface area contributed by atoms with E-state index >= 15 is 0 Å². The number of fused-ring (bicyclic) bond motifs is 1. The molecule has 1 heterocycles. The highest BCUT2D eigenvalue weighted by molar-refractivity contribution is 5.26. The van der Waals surface area contributed by atoms with Crippen LogP contribution in [0, 0.1) is 5.92 Å². The van der Waals surface area contributed by atoms with Crippen LogP contribution >= 0.6 is 0 Å². The molecule has 1 aromatic rings. The molecule has 2 unspecified atom stereocenters. The second-order valence-corrected chi connectivity index (χ2v) is 5.12. The average Bonchev–Trinajstić information content (AvgIpc) is 2.35. The van der Waals surface area contributed by atoms with Crippen molar-refractivity contribution in [3.63, 3.8) is 0 Å². The first kappa shape index (κ1) is 12.4. The molecule has 2 atom stereocenters. The lowest BCUT2D eigenvalue weighted by atomic mass is 9.91. The summed E-state index contributed by atoms with van der Waals surface area (Å²) in [5.41, 5.74) is 2.44. The second kappa shape index (κ2) is 5.50. The van der Waals surface area contributed by atoms with Crippen molar-refractivity contribution in [2.24, 2.45) is 5.92 Å². The Morgan fingerprint density at radius 1 is 1.53 bits per heavy atom. The third kappa shape index (κ3) is 2.97. The van der Waals surface area contributed by atoms with Gasteiger partial charge in [0.2, 0.25) is 5.56 Å². The van der Waals surface area contributed by atoms with Gasteiger partial charge in [0.1, 0.15) is 0 Å². The number of aromatic amines is 1. The van der Waals surface area contributed by atoms with Crippen LogP contribution in [0.3, 0.4) is 0 Å². The smallest absolute Gasteiger partial charge is 0.248 e. The highest BCUT2D eigenvalue weighted by Gasteiger charge is 2.20. The lowest BCUT2D eigenvalue weighted by Gasteiger charge is -2.27. The maximum atomic E-state index is 11.3. The molecular formula is C14H22N2O. The van der Waals surface area contributed by atoms with E-state index in [1.165, 1.54) is 18.4 Å². The van der Waals surface area contributed by atoms with E-state index < -0.39 is 0 Å². The Balaban J connectivity index is 2.09. The van der Waals surface area contributed by atoms with Crippen molar-refractivity contribution in [2.45, 2.75) is 45.6 Å². The molecule has 0 saturated heterocycles. The van der Waals surface area contributed by atoms with Gasteiger partial charge in [-0.15, -0.1) is 0 Å². The first-order chi connectivity index (χ1) is 8.20. The summed E-state index contributed by atoms with van der Waals surface area (Å²) in [6.07, 6.45) is 4.55. The number of rotatable bonds is 4. The normalized spacial score (nSPS) is 20.9. The average molecular weight is 234 g/mol. The van der Waals surface area contributed by atoms with Gasteiger partial charge in [-0.3, -0.25) is 4.79 Å². The van der Waals surface area contributed by atoms with E-state index in [1.54, 1.807) is 6.07 Å². The molecule has 1 aromatic heterocycles. The van der Waals surface area contributed by atoms with Crippen molar-refractivity contribution < 1.29 is 0 Å². The number of aromatic nitrogens is 1. The SMILES string of the molecule is CCC(C)CNC1CCCc2[nH]c(=O)ccc21. The molecule has 1 aliphatic carbocycles. The van der Waals surface area contributed by atoms with Crippen LogP contribution < -0.4 is 10.9 Å². The van der Waals surface area contributed by atoms with Crippen LogP contribution in [0.1, 0.15) is 50.4 Å². The molecule has 0 aliphatic heterocycles. The topological polar surface area (TPSA) is 44.9 Å². The van der Waals surface area contributed by atoms with Crippen LogP contribution in [0.15, 0.2) is 16.9 Å². The van der Waals surface area contributed by atoms with Gasteiger partial charge in [-0.05, 0) is 37.3 Å². The highest BCUT2D eigenvalue weighted by Crippen LogP contribution is 2.27.